The second kappa shape index (κ2) is 10.9. The van der Waals surface area contributed by atoms with Crippen molar-refractivity contribution in [1.82, 2.24) is 5.01 Å². The first-order valence-corrected chi connectivity index (χ1v) is 14.5. The molecule has 2 aliphatic carbocycles. The number of carbonyl (C=O) groups excluding carboxylic acids is 3. The Morgan fingerprint density at radius 3 is 2.17 bits per heavy atom. The first kappa shape index (κ1) is 29.6. The van der Waals surface area contributed by atoms with Crippen molar-refractivity contribution in [3.8, 4) is 0 Å². The third-order valence-corrected chi connectivity index (χ3v) is 7.99. The molecule has 0 spiro atoms. The van der Waals surface area contributed by atoms with Crippen molar-refractivity contribution in [3.05, 3.63) is 40.7 Å². The largest absolute Gasteiger partial charge is 0.506 e. The number of hydrogen-bond donors (Lipinski definition) is 2. The van der Waals surface area contributed by atoms with Gasteiger partial charge in [0.05, 0.1) is 33.7 Å². The average molecular weight is 549 g/mol. The van der Waals surface area contributed by atoms with Crippen molar-refractivity contribution in [1.29, 1.82) is 0 Å². The molecular weight excluding hydrogens is 504 g/mol. The molecule has 8 nitrogen and oxygen atoms in total. The minimum atomic E-state index is -0.595. The van der Waals surface area contributed by atoms with Gasteiger partial charge in [0.1, 0.15) is 5.76 Å². The summed E-state index contributed by atoms with van der Waals surface area (Å²) in [4.78, 5) is 42.5. The first-order chi connectivity index (χ1) is 18.7. The van der Waals surface area contributed by atoms with Crippen LogP contribution in [-0.4, -0.2) is 52.1 Å². The summed E-state index contributed by atoms with van der Waals surface area (Å²) in [5.74, 6) is -0.770. The van der Waals surface area contributed by atoms with Crippen LogP contribution >= 0.6 is 0 Å². The number of allylic oxidation sites excluding steroid dienone is 2. The van der Waals surface area contributed by atoms with Crippen molar-refractivity contribution in [2.75, 3.05) is 23.3 Å². The van der Waals surface area contributed by atoms with Crippen LogP contribution in [0.1, 0.15) is 93.1 Å². The smallest absolute Gasteiger partial charge is 0.277 e. The van der Waals surface area contributed by atoms with E-state index < -0.39 is 22.6 Å². The molecule has 0 radical (unpaired) electrons. The summed E-state index contributed by atoms with van der Waals surface area (Å²) in [7, 11) is 0. The van der Waals surface area contributed by atoms with Gasteiger partial charge in [0.2, 0.25) is 11.7 Å². The van der Waals surface area contributed by atoms with Crippen molar-refractivity contribution >= 4 is 40.3 Å². The number of carbonyl (C=O) groups is 3. The number of rotatable bonds is 7. The number of ketones is 1. The number of aliphatic hydroxyl groups is 1. The molecule has 0 aromatic heterocycles. The van der Waals surface area contributed by atoms with Crippen molar-refractivity contribution in [2.45, 2.75) is 93.0 Å². The predicted molar refractivity (Wildman–Crippen MR) is 160 cm³/mol. The van der Waals surface area contributed by atoms with Gasteiger partial charge in [-0.15, -0.1) is 0 Å². The molecule has 0 unspecified atom stereocenters. The zero-order valence-corrected chi connectivity index (χ0v) is 25.3. The molecule has 2 amide bonds. The zero-order chi connectivity index (χ0) is 29.6. The quantitative estimate of drug-likeness (QED) is 0.393. The summed E-state index contributed by atoms with van der Waals surface area (Å²) >= 11 is 0. The van der Waals surface area contributed by atoms with Gasteiger partial charge >= 0.3 is 0 Å². The monoisotopic (exact) mass is 548 g/mol. The highest BCUT2D eigenvalue weighted by molar-refractivity contribution is 6.45. The van der Waals surface area contributed by atoms with E-state index in [4.69, 9.17) is 0 Å². The number of nitrogens with zero attached hydrogens (tertiary/aromatic N) is 3. The molecular formula is C32H44N4O4. The Morgan fingerprint density at radius 1 is 1.02 bits per heavy atom. The third-order valence-electron chi connectivity index (χ3n) is 7.99. The van der Waals surface area contributed by atoms with E-state index in [1.54, 1.807) is 6.07 Å². The highest BCUT2D eigenvalue weighted by Gasteiger charge is 2.48. The van der Waals surface area contributed by atoms with Gasteiger partial charge in [-0.05, 0) is 71.6 Å². The van der Waals surface area contributed by atoms with Crippen LogP contribution in [0.4, 0.5) is 11.4 Å². The topological polar surface area (TPSA) is 102 Å². The Labute approximate surface area is 238 Å². The van der Waals surface area contributed by atoms with Crippen LogP contribution in [0.5, 0.6) is 0 Å². The summed E-state index contributed by atoms with van der Waals surface area (Å²) in [6.07, 6.45) is 4.85. The van der Waals surface area contributed by atoms with E-state index in [0.717, 1.165) is 44.5 Å². The number of aliphatic hydroxyl groups excluding tert-OH is 1. The molecule has 1 fully saturated rings. The minimum Gasteiger partial charge on any atom is -0.506 e. The second-order valence-electron chi connectivity index (χ2n) is 13.1. The number of amides is 2. The Balaban J connectivity index is 1.79. The van der Waals surface area contributed by atoms with E-state index in [1.165, 1.54) is 5.01 Å². The van der Waals surface area contributed by atoms with Gasteiger partial charge in [0, 0.05) is 36.2 Å². The highest BCUT2D eigenvalue weighted by Crippen LogP contribution is 2.45. The molecule has 0 saturated heterocycles. The maximum Gasteiger partial charge on any atom is 0.277 e. The van der Waals surface area contributed by atoms with E-state index in [0.29, 0.717) is 29.3 Å². The fourth-order valence-electron chi connectivity index (χ4n) is 5.81. The summed E-state index contributed by atoms with van der Waals surface area (Å²) < 4.78 is 0. The summed E-state index contributed by atoms with van der Waals surface area (Å²) in [6, 6.07) is 5.55. The maximum atomic E-state index is 13.8. The molecule has 3 aliphatic rings. The fourth-order valence-corrected chi connectivity index (χ4v) is 5.81. The molecule has 1 aromatic carbocycles. The lowest BCUT2D eigenvalue weighted by Gasteiger charge is -2.29. The fraction of sp³-hybridized carbons (Fsp3) is 0.562. The number of hydrogen-bond acceptors (Lipinski definition) is 6. The van der Waals surface area contributed by atoms with Crippen LogP contribution in [0.3, 0.4) is 0 Å². The molecule has 2 N–H and O–H groups in total. The molecule has 1 heterocycles. The lowest BCUT2D eigenvalue weighted by molar-refractivity contribution is -0.130. The number of hydrazone groups is 1. The van der Waals surface area contributed by atoms with E-state index in [2.05, 4.69) is 29.2 Å². The Bertz CT molecular complexity index is 1310. The van der Waals surface area contributed by atoms with Crippen LogP contribution in [0.25, 0.3) is 5.57 Å². The maximum absolute atomic E-state index is 13.8. The molecule has 4 rings (SSSR count). The number of nitrogens with one attached hydrogen (secondary N) is 1. The van der Waals surface area contributed by atoms with Crippen LogP contribution in [0.2, 0.25) is 0 Å². The van der Waals surface area contributed by atoms with Gasteiger partial charge in [-0.2, -0.15) is 5.10 Å². The van der Waals surface area contributed by atoms with Gasteiger partial charge in [0.25, 0.3) is 5.91 Å². The Hall–Kier alpha value is -3.42. The van der Waals surface area contributed by atoms with Gasteiger partial charge in [-0.1, -0.05) is 33.6 Å². The van der Waals surface area contributed by atoms with Gasteiger partial charge < -0.3 is 15.3 Å². The average Bonchev–Trinajstić information content (AvgIpc) is 3.49. The van der Waals surface area contributed by atoms with Gasteiger partial charge in [-0.3, -0.25) is 14.4 Å². The van der Waals surface area contributed by atoms with Crippen LogP contribution in [0, 0.1) is 11.3 Å². The lowest BCUT2D eigenvalue weighted by atomic mass is 9.75. The minimum absolute atomic E-state index is 0.00326. The van der Waals surface area contributed by atoms with Gasteiger partial charge in [-0.25, -0.2) is 5.01 Å². The SMILES string of the molecule is CCN(CC)c1ccc(C2=C(O)/C(=C3\C(=O)N(C(C)(C)C)N=C3C(C)(C)C)C2=O)c(NC(=O)CC2CCCC2)c1. The van der Waals surface area contributed by atoms with Crippen molar-refractivity contribution < 1.29 is 19.5 Å². The second-order valence-corrected chi connectivity index (χ2v) is 13.1. The lowest BCUT2D eigenvalue weighted by Crippen LogP contribution is -2.40. The normalized spacial score (nSPS) is 20.3. The molecule has 0 bridgehead atoms. The first-order valence-electron chi connectivity index (χ1n) is 14.5. The zero-order valence-electron chi connectivity index (χ0n) is 25.3. The molecule has 216 valence electrons. The molecule has 8 heteroatoms. The van der Waals surface area contributed by atoms with Crippen molar-refractivity contribution in [3.63, 3.8) is 0 Å². The molecule has 1 aliphatic heterocycles. The van der Waals surface area contributed by atoms with Crippen molar-refractivity contribution in [2.24, 2.45) is 16.4 Å². The predicted octanol–water partition coefficient (Wildman–Crippen LogP) is 6.24. The number of anilines is 2. The summed E-state index contributed by atoms with van der Waals surface area (Å²) in [5, 5.41) is 20.4. The summed E-state index contributed by atoms with van der Waals surface area (Å²) in [6.45, 7) is 17.1. The van der Waals surface area contributed by atoms with Gasteiger partial charge in [0.15, 0.2) is 0 Å². The summed E-state index contributed by atoms with van der Waals surface area (Å²) in [5.41, 5.74) is 1.48. The number of benzene rings is 1. The molecule has 1 aromatic rings. The van der Waals surface area contributed by atoms with E-state index >= 15 is 0 Å². The Kier molecular flexibility index (Phi) is 8.03. The third kappa shape index (κ3) is 5.45. The highest BCUT2D eigenvalue weighted by atomic mass is 16.3. The van der Waals surface area contributed by atoms with E-state index in [9.17, 15) is 19.5 Å². The van der Waals surface area contributed by atoms with Crippen LogP contribution < -0.4 is 10.2 Å². The molecule has 40 heavy (non-hydrogen) atoms. The van der Waals surface area contributed by atoms with Crippen LogP contribution in [-0.2, 0) is 14.4 Å². The van der Waals surface area contributed by atoms with E-state index in [1.807, 2.05) is 53.7 Å². The van der Waals surface area contributed by atoms with Crippen LogP contribution in [0.15, 0.2) is 40.2 Å². The van der Waals surface area contributed by atoms with E-state index in [-0.39, 0.29) is 28.4 Å². The number of Topliss-reactive ketones (excluding diaryl/α,β-unsaturated/α-hetero) is 1. The standard InChI is InChI=1S/C32H44N4O4/c1-9-35(10-2)20-15-16-21(22(18-20)33-23(37)17-19-13-11-12-14-19)24-27(38)25(28(24)39)26-29(31(3,4)5)34-36(30(26)40)32(6,7)8/h15-16,18-19,38H,9-14,17H2,1-8H3,(H,33,37)/b26-25+. The Morgan fingerprint density at radius 2 is 1.65 bits per heavy atom. The molecule has 0 atom stereocenters. The molecule has 1 saturated carbocycles.